The summed E-state index contributed by atoms with van der Waals surface area (Å²) in [4.78, 5) is 11.2. The molecule has 0 saturated heterocycles. The smallest absolute Gasteiger partial charge is 0.183 e. The zero-order chi connectivity index (χ0) is 9.42. The zero-order valence-electron chi connectivity index (χ0n) is 6.66. The monoisotopic (exact) mass is 242 g/mol. The van der Waals surface area contributed by atoms with Gasteiger partial charge >= 0.3 is 0 Å². The highest BCUT2D eigenvalue weighted by atomic mass is 79.9. The molecule has 1 atom stereocenters. The summed E-state index contributed by atoms with van der Waals surface area (Å²) in [6.07, 6.45) is 0. The van der Waals surface area contributed by atoms with Gasteiger partial charge in [0.25, 0.3) is 0 Å². The summed E-state index contributed by atoms with van der Waals surface area (Å²) < 4.78 is 5.26. The van der Waals surface area contributed by atoms with Gasteiger partial charge in [-0.2, -0.15) is 0 Å². The molecule has 0 amide bonds. The van der Waals surface area contributed by atoms with Gasteiger partial charge in [-0.1, -0.05) is 15.9 Å². The number of rotatable bonds is 0. The first-order valence-corrected chi connectivity index (χ1v) is 4.74. The number of Topliss-reactive ketones (excluding diaryl/α,β-unsaturated/α-hetero) is 1. The fourth-order valence-electron chi connectivity index (χ4n) is 1.24. The van der Waals surface area contributed by atoms with Crippen molar-refractivity contribution in [2.24, 2.45) is 0 Å². The highest BCUT2D eigenvalue weighted by Gasteiger charge is 2.26. The number of ether oxygens (including phenoxy) is 1. The predicted octanol–water partition coefficient (Wildman–Crippen LogP) is 1.73. The first kappa shape index (κ1) is 8.56. The van der Waals surface area contributed by atoms with Crippen LogP contribution in [-0.4, -0.2) is 22.3 Å². The quantitative estimate of drug-likeness (QED) is 0.706. The molecular formula is C9H7BrO3. The number of hydrogen-bond donors (Lipinski definition) is 1. The molecule has 13 heavy (non-hydrogen) atoms. The average Bonchev–Trinajstić information content (AvgIpc) is 2.12. The van der Waals surface area contributed by atoms with Crippen molar-refractivity contribution in [2.75, 3.05) is 6.61 Å². The molecule has 0 aliphatic carbocycles. The Bertz CT molecular complexity index is 362. The lowest BCUT2D eigenvalue weighted by Gasteiger charge is -2.19. The normalized spacial score (nSPS) is 20.7. The van der Waals surface area contributed by atoms with E-state index in [2.05, 4.69) is 15.9 Å². The maximum Gasteiger partial charge on any atom is 0.183 e. The molecule has 0 spiro atoms. The van der Waals surface area contributed by atoms with Crippen molar-refractivity contribution in [2.45, 2.75) is 4.83 Å². The van der Waals surface area contributed by atoms with Gasteiger partial charge in [0.15, 0.2) is 5.78 Å². The van der Waals surface area contributed by atoms with Crippen molar-refractivity contribution in [3.05, 3.63) is 23.8 Å². The van der Waals surface area contributed by atoms with Crippen LogP contribution in [0.3, 0.4) is 0 Å². The number of phenolic OH excluding ortho intramolecular Hbond substituents is 1. The molecule has 0 bridgehead atoms. The first-order valence-electron chi connectivity index (χ1n) is 3.82. The lowest BCUT2D eigenvalue weighted by atomic mass is 10.1. The third kappa shape index (κ3) is 1.42. The van der Waals surface area contributed by atoms with Crippen LogP contribution in [0.4, 0.5) is 0 Å². The number of aromatic hydroxyl groups is 1. The largest absolute Gasteiger partial charge is 0.508 e. The minimum absolute atomic E-state index is 0.00116. The molecule has 3 nitrogen and oxygen atoms in total. The van der Waals surface area contributed by atoms with Crippen LogP contribution >= 0.6 is 15.9 Å². The van der Waals surface area contributed by atoms with E-state index in [-0.39, 0.29) is 16.4 Å². The van der Waals surface area contributed by atoms with Gasteiger partial charge in [-0.25, -0.2) is 0 Å². The second-order valence-electron chi connectivity index (χ2n) is 2.82. The van der Waals surface area contributed by atoms with Crippen molar-refractivity contribution >= 4 is 21.7 Å². The van der Waals surface area contributed by atoms with E-state index in [9.17, 15) is 4.79 Å². The number of ketones is 1. The van der Waals surface area contributed by atoms with E-state index in [0.717, 1.165) is 0 Å². The van der Waals surface area contributed by atoms with Gasteiger partial charge in [-0.3, -0.25) is 4.79 Å². The summed E-state index contributed by atoms with van der Waals surface area (Å²) in [5.74, 6) is 0.571. The van der Waals surface area contributed by atoms with Crippen LogP contribution in [0.1, 0.15) is 10.4 Å². The van der Waals surface area contributed by atoms with E-state index in [1.54, 1.807) is 6.07 Å². The average molecular weight is 243 g/mol. The molecule has 1 heterocycles. The van der Waals surface area contributed by atoms with Gasteiger partial charge in [-0.05, 0) is 12.1 Å². The molecule has 68 valence electrons. The van der Waals surface area contributed by atoms with E-state index in [1.807, 2.05) is 0 Å². The third-order valence-corrected chi connectivity index (χ3v) is 2.58. The van der Waals surface area contributed by atoms with E-state index < -0.39 is 0 Å². The minimum atomic E-state index is -0.274. The van der Waals surface area contributed by atoms with Crippen molar-refractivity contribution in [3.63, 3.8) is 0 Å². The maximum absolute atomic E-state index is 11.5. The SMILES string of the molecule is O=C1c2ccc(O)cc2OCC1Br. The Morgan fingerprint density at radius 3 is 3.08 bits per heavy atom. The molecule has 1 aromatic rings. The van der Waals surface area contributed by atoms with E-state index in [1.165, 1.54) is 12.1 Å². The Labute approximate surface area is 83.5 Å². The van der Waals surface area contributed by atoms with Gasteiger partial charge in [0, 0.05) is 6.07 Å². The molecule has 1 aromatic carbocycles. The number of fused-ring (bicyclic) bond motifs is 1. The molecular weight excluding hydrogens is 236 g/mol. The standard InChI is InChI=1S/C9H7BrO3/c10-7-4-13-8-3-5(11)1-2-6(8)9(7)12/h1-3,7,11H,4H2. The summed E-state index contributed by atoms with van der Waals surface area (Å²) in [5, 5.41) is 9.14. The number of benzene rings is 1. The maximum atomic E-state index is 11.5. The van der Waals surface area contributed by atoms with Crippen molar-refractivity contribution < 1.29 is 14.6 Å². The summed E-state index contributed by atoms with van der Waals surface area (Å²) in [5.41, 5.74) is 0.519. The van der Waals surface area contributed by atoms with E-state index in [4.69, 9.17) is 9.84 Å². The number of alkyl halides is 1. The Hall–Kier alpha value is -1.03. The van der Waals surface area contributed by atoms with Crippen molar-refractivity contribution in [1.82, 2.24) is 0 Å². The van der Waals surface area contributed by atoms with Gasteiger partial charge in [-0.15, -0.1) is 0 Å². The van der Waals surface area contributed by atoms with Gasteiger partial charge in [0.05, 0.1) is 5.56 Å². The van der Waals surface area contributed by atoms with Crippen LogP contribution in [0, 0.1) is 0 Å². The molecule has 0 radical (unpaired) electrons. The molecule has 1 N–H and O–H groups in total. The fraction of sp³-hybridized carbons (Fsp3) is 0.222. The van der Waals surface area contributed by atoms with Crippen LogP contribution in [0.5, 0.6) is 11.5 Å². The zero-order valence-corrected chi connectivity index (χ0v) is 8.24. The summed E-state index contributed by atoms with van der Waals surface area (Å²) in [7, 11) is 0. The van der Waals surface area contributed by atoms with Gasteiger partial charge < -0.3 is 9.84 Å². The lowest BCUT2D eigenvalue weighted by molar-refractivity contribution is 0.0946. The summed E-state index contributed by atoms with van der Waals surface area (Å²) in [6, 6.07) is 4.50. The predicted molar refractivity (Wildman–Crippen MR) is 50.6 cm³/mol. The molecule has 0 aromatic heterocycles. The molecule has 0 fully saturated rings. The first-order chi connectivity index (χ1) is 6.18. The van der Waals surface area contributed by atoms with Crippen LogP contribution < -0.4 is 4.74 Å². The van der Waals surface area contributed by atoms with Crippen LogP contribution in [-0.2, 0) is 0 Å². The second kappa shape index (κ2) is 3.03. The third-order valence-electron chi connectivity index (χ3n) is 1.90. The highest BCUT2D eigenvalue weighted by molar-refractivity contribution is 9.10. The number of halogens is 1. The number of hydrogen-bond acceptors (Lipinski definition) is 3. The molecule has 1 aliphatic heterocycles. The van der Waals surface area contributed by atoms with Crippen LogP contribution in [0.2, 0.25) is 0 Å². The Balaban J connectivity index is 2.50. The molecule has 1 unspecified atom stereocenters. The fourth-order valence-corrected chi connectivity index (χ4v) is 1.62. The Morgan fingerprint density at radius 1 is 1.54 bits per heavy atom. The number of carbonyl (C=O) groups is 1. The molecule has 1 aliphatic rings. The molecule has 4 heteroatoms. The Morgan fingerprint density at radius 2 is 2.31 bits per heavy atom. The topological polar surface area (TPSA) is 46.5 Å². The summed E-state index contributed by atoms with van der Waals surface area (Å²) >= 11 is 3.20. The highest BCUT2D eigenvalue weighted by Crippen LogP contribution is 2.30. The number of phenols is 1. The van der Waals surface area contributed by atoms with E-state index >= 15 is 0 Å². The van der Waals surface area contributed by atoms with Crippen molar-refractivity contribution in [1.29, 1.82) is 0 Å². The minimum Gasteiger partial charge on any atom is -0.508 e. The second-order valence-corrected chi connectivity index (χ2v) is 3.93. The summed E-state index contributed by atoms with van der Waals surface area (Å²) in [6.45, 7) is 0.315. The lowest BCUT2D eigenvalue weighted by Crippen LogP contribution is -2.27. The van der Waals surface area contributed by atoms with Crippen molar-refractivity contribution in [3.8, 4) is 11.5 Å². The van der Waals surface area contributed by atoms with Crippen LogP contribution in [0.25, 0.3) is 0 Å². The van der Waals surface area contributed by atoms with Gasteiger partial charge in [0.1, 0.15) is 22.9 Å². The van der Waals surface area contributed by atoms with E-state index in [0.29, 0.717) is 17.9 Å². The van der Waals surface area contributed by atoms with Gasteiger partial charge in [0.2, 0.25) is 0 Å². The molecule has 2 rings (SSSR count). The molecule has 0 saturated carbocycles. The Kier molecular flexibility index (Phi) is 2.00. The van der Waals surface area contributed by atoms with Crippen LogP contribution in [0.15, 0.2) is 18.2 Å². The number of carbonyl (C=O) groups excluding carboxylic acids is 1.